The Labute approximate surface area is 69.4 Å². The molecule has 2 rings (SSSR count). The molecule has 1 saturated heterocycles. The van der Waals surface area contributed by atoms with Gasteiger partial charge >= 0.3 is 0 Å². The molecule has 0 aromatic carbocycles. The SMILES string of the molecule is COc1ncc(C2CNC2)s1. The van der Waals surface area contributed by atoms with E-state index in [1.165, 1.54) is 4.88 Å². The summed E-state index contributed by atoms with van der Waals surface area (Å²) in [6, 6.07) is 0. The number of ether oxygens (including phenoxy) is 1. The third kappa shape index (κ3) is 1.23. The van der Waals surface area contributed by atoms with E-state index in [-0.39, 0.29) is 0 Å². The molecule has 0 bridgehead atoms. The van der Waals surface area contributed by atoms with Crippen molar-refractivity contribution in [2.45, 2.75) is 5.92 Å². The lowest BCUT2D eigenvalue weighted by molar-refractivity contribution is 0.412. The van der Waals surface area contributed by atoms with Gasteiger partial charge in [0.2, 0.25) is 0 Å². The van der Waals surface area contributed by atoms with Crippen molar-refractivity contribution in [3.8, 4) is 5.19 Å². The number of hydrogen-bond acceptors (Lipinski definition) is 4. The Balaban J connectivity index is 2.11. The lowest BCUT2D eigenvalue weighted by Crippen LogP contribution is -2.39. The Morgan fingerprint density at radius 2 is 2.55 bits per heavy atom. The van der Waals surface area contributed by atoms with Gasteiger partial charge in [-0.1, -0.05) is 11.3 Å². The standard InChI is InChI=1S/C7H10N2OS/c1-10-7-9-4-6(11-7)5-2-8-3-5/h4-5,8H,2-3H2,1H3. The summed E-state index contributed by atoms with van der Waals surface area (Å²) in [6.07, 6.45) is 1.91. The minimum Gasteiger partial charge on any atom is -0.473 e. The first kappa shape index (κ1) is 7.06. The molecule has 0 aliphatic carbocycles. The normalized spacial score (nSPS) is 17.9. The largest absolute Gasteiger partial charge is 0.473 e. The van der Waals surface area contributed by atoms with E-state index in [0.29, 0.717) is 5.92 Å². The van der Waals surface area contributed by atoms with Gasteiger partial charge in [0.25, 0.3) is 5.19 Å². The summed E-state index contributed by atoms with van der Waals surface area (Å²) in [7, 11) is 1.65. The molecule has 2 heterocycles. The summed E-state index contributed by atoms with van der Waals surface area (Å²) in [4.78, 5) is 5.44. The van der Waals surface area contributed by atoms with Crippen LogP contribution in [0, 0.1) is 0 Å². The van der Waals surface area contributed by atoms with Crippen molar-refractivity contribution in [2.24, 2.45) is 0 Å². The molecular formula is C7H10N2OS. The highest BCUT2D eigenvalue weighted by atomic mass is 32.1. The predicted molar refractivity (Wildman–Crippen MR) is 44.3 cm³/mol. The van der Waals surface area contributed by atoms with Gasteiger partial charge in [0, 0.05) is 30.1 Å². The van der Waals surface area contributed by atoms with Crippen molar-refractivity contribution < 1.29 is 4.74 Å². The van der Waals surface area contributed by atoms with Crippen LogP contribution in [0.1, 0.15) is 10.8 Å². The quantitative estimate of drug-likeness (QED) is 0.714. The van der Waals surface area contributed by atoms with Crippen molar-refractivity contribution in [3.05, 3.63) is 11.1 Å². The van der Waals surface area contributed by atoms with Crippen LogP contribution in [0.15, 0.2) is 6.20 Å². The van der Waals surface area contributed by atoms with Crippen LogP contribution in [0.5, 0.6) is 5.19 Å². The molecule has 0 amide bonds. The minimum absolute atomic E-state index is 0.677. The van der Waals surface area contributed by atoms with Crippen molar-refractivity contribution in [1.82, 2.24) is 10.3 Å². The van der Waals surface area contributed by atoms with Crippen molar-refractivity contribution in [2.75, 3.05) is 20.2 Å². The second-order valence-electron chi connectivity index (χ2n) is 2.59. The molecule has 1 N–H and O–H groups in total. The molecule has 1 aromatic heterocycles. The highest BCUT2D eigenvalue weighted by molar-refractivity contribution is 7.13. The van der Waals surface area contributed by atoms with Crippen LogP contribution < -0.4 is 10.1 Å². The molecule has 3 nitrogen and oxygen atoms in total. The van der Waals surface area contributed by atoms with Gasteiger partial charge < -0.3 is 10.1 Å². The molecule has 0 radical (unpaired) electrons. The lowest BCUT2D eigenvalue weighted by atomic mass is 10.0. The van der Waals surface area contributed by atoms with Crippen LogP contribution >= 0.6 is 11.3 Å². The highest BCUT2D eigenvalue weighted by Gasteiger charge is 2.21. The average molecular weight is 170 g/mol. The number of thiazole rings is 1. The maximum absolute atomic E-state index is 5.00. The fourth-order valence-corrected chi connectivity index (χ4v) is 1.87. The molecule has 0 atom stereocenters. The van der Waals surface area contributed by atoms with Crippen LogP contribution in [0.25, 0.3) is 0 Å². The number of aromatic nitrogens is 1. The lowest BCUT2D eigenvalue weighted by Gasteiger charge is -2.25. The van der Waals surface area contributed by atoms with Crippen LogP contribution in [-0.4, -0.2) is 25.2 Å². The fraction of sp³-hybridized carbons (Fsp3) is 0.571. The first-order valence-electron chi connectivity index (χ1n) is 3.60. The topological polar surface area (TPSA) is 34.1 Å². The monoisotopic (exact) mass is 170 g/mol. The molecule has 1 aromatic rings. The maximum atomic E-state index is 5.00. The number of nitrogens with one attached hydrogen (secondary N) is 1. The van der Waals surface area contributed by atoms with E-state index in [4.69, 9.17) is 4.74 Å². The Bertz CT molecular complexity index is 244. The molecule has 1 fully saturated rings. The third-order valence-corrected chi connectivity index (χ3v) is 2.98. The Kier molecular flexibility index (Phi) is 1.79. The highest BCUT2D eigenvalue weighted by Crippen LogP contribution is 2.29. The summed E-state index contributed by atoms with van der Waals surface area (Å²) in [5.41, 5.74) is 0. The van der Waals surface area contributed by atoms with E-state index in [9.17, 15) is 0 Å². The Hall–Kier alpha value is -0.610. The molecular weight excluding hydrogens is 160 g/mol. The zero-order valence-corrected chi connectivity index (χ0v) is 7.15. The average Bonchev–Trinajstić information content (AvgIpc) is 2.32. The van der Waals surface area contributed by atoms with E-state index in [1.54, 1.807) is 18.4 Å². The minimum atomic E-state index is 0.677. The van der Waals surface area contributed by atoms with E-state index in [1.807, 2.05) is 6.20 Å². The summed E-state index contributed by atoms with van der Waals surface area (Å²) < 4.78 is 5.00. The summed E-state index contributed by atoms with van der Waals surface area (Å²) in [6.45, 7) is 2.18. The van der Waals surface area contributed by atoms with Gasteiger partial charge in [-0.05, 0) is 0 Å². The molecule has 0 spiro atoms. The van der Waals surface area contributed by atoms with Crippen LogP contribution in [0.4, 0.5) is 0 Å². The summed E-state index contributed by atoms with van der Waals surface area (Å²) in [5.74, 6) is 0.677. The van der Waals surface area contributed by atoms with E-state index >= 15 is 0 Å². The predicted octanol–water partition coefficient (Wildman–Crippen LogP) is 0.839. The van der Waals surface area contributed by atoms with E-state index < -0.39 is 0 Å². The van der Waals surface area contributed by atoms with Crippen molar-refractivity contribution in [3.63, 3.8) is 0 Å². The Morgan fingerprint density at radius 3 is 3.00 bits per heavy atom. The van der Waals surface area contributed by atoms with Gasteiger partial charge in [0.1, 0.15) is 0 Å². The molecule has 1 aliphatic rings. The van der Waals surface area contributed by atoms with Crippen LogP contribution in [0.2, 0.25) is 0 Å². The first-order valence-corrected chi connectivity index (χ1v) is 4.42. The van der Waals surface area contributed by atoms with E-state index in [0.717, 1.165) is 18.3 Å². The zero-order valence-electron chi connectivity index (χ0n) is 6.33. The molecule has 0 unspecified atom stereocenters. The maximum Gasteiger partial charge on any atom is 0.273 e. The van der Waals surface area contributed by atoms with Gasteiger partial charge in [0.05, 0.1) is 7.11 Å². The van der Waals surface area contributed by atoms with Gasteiger partial charge in [-0.3, -0.25) is 0 Å². The fourth-order valence-electron chi connectivity index (χ4n) is 1.04. The van der Waals surface area contributed by atoms with Crippen molar-refractivity contribution >= 4 is 11.3 Å². The molecule has 11 heavy (non-hydrogen) atoms. The van der Waals surface area contributed by atoms with Gasteiger partial charge in [0.15, 0.2) is 0 Å². The number of rotatable bonds is 2. The van der Waals surface area contributed by atoms with Gasteiger partial charge in [-0.25, -0.2) is 4.98 Å². The summed E-state index contributed by atoms with van der Waals surface area (Å²) in [5, 5.41) is 4.00. The van der Waals surface area contributed by atoms with Gasteiger partial charge in [-0.2, -0.15) is 0 Å². The van der Waals surface area contributed by atoms with E-state index in [2.05, 4.69) is 10.3 Å². The molecule has 4 heteroatoms. The third-order valence-electron chi connectivity index (χ3n) is 1.86. The second-order valence-corrected chi connectivity index (χ2v) is 3.61. The molecule has 1 aliphatic heterocycles. The molecule has 60 valence electrons. The summed E-state index contributed by atoms with van der Waals surface area (Å²) >= 11 is 1.64. The van der Waals surface area contributed by atoms with Crippen LogP contribution in [-0.2, 0) is 0 Å². The molecule has 0 saturated carbocycles. The smallest absolute Gasteiger partial charge is 0.273 e. The second kappa shape index (κ2) is 2.79. The number of methoxy groups -OCH3 is 1. The Morgan fingerprint density at radius 1 is 1.73 bits per heavy atom. The van der Waals surface area contributed by atoms with Gasteiger partial charge in [-0.15, -0.1) is 0 Å². The number of hydrogen-bond donors (Lipinski definition) is 1. The van der Waals surface area contributed by atoms with Crippen LogP contribution in [0.3, 0.4) is 0 Å². The van der Waals surface area contributed by atoms with Crippen molar-refractivity contribution in [1.29, 1.82) is 0 Å². The zero-order chi connectivity index (χ0) is 7.68. The number of nitrogens with zero attached hydrogens (tertiary/aromatic N) is 1. The first-order chi connectivity index (χ1) is 5.40.